The minimum atomic E-state index is -5.01. The van der Waals surface area contributed by atoms with Gasteiger partial charge >= 0.3 is 19.1 Å². The Morgan fingerprint density at radius 1 is 0.477 bits per heavy atom. The average Bonchev–Trinajstić information content (AvgIpc) is 2.91. The zero-order valence-corrected chi connectivity index (χ0v) is 22.6. The van der Waals surface area contributed by atoms with Crippen LogP contribution in [0.3, 0.4) is 0 Å². The van der Waals surface area contributed by atoms with Gasteiger partial charge in [-0.25, -0.2) is 0 Å². The summed E-state index contributed by atoms with van der Waals surface area (Å²) in [6.45, 7) is -0.111. The standard InChI is InChI=1S/C31H24F9NO3/c32-29(33,34)42-25-12-4-9-22(15-25)19-41-20-28(18-21-7-2-1-3-8-21,23-10-5-13-26(16-23)43-30(35,36)37)24-11-6-14-27(17-24)44-31(38,39)40/h1-17,41H,18-20H2. The van der Waals surface area contributed by atoms with E-state index in [2.05, 4.69) is 19.5 Å². The Labute approximate surface area is 246 Å². The van der Waals surface area contributed by atoms with Crippen LogP contribution in [0.15, 0.2) is 103 Å². The van der Waals surface area contributed by atoms with Crippen molar-refractivity contribution in [1.82, 2.24) is 5.32 Å². The Bertz CT molecular complexity index is 1460. The number of hydrogen-bond acceptors (Lipinski definition) is 4. The maximum absolute atomic E-state index is 13.1. The van der Waals surface area contributed by atoms with Gasteiger partial charge in [-0.15, -0.1) is 39.5 Å². The highest BCUT2D eigenvalue weighted by molar-refractivity contribution is 5.47. The van der Waals surface area contributed by atoms with Crippen LogP contribution in [-0.2, 0) is 18.4 Å². The highest BCUT2D eigenvalue weighted by Gasteiger charge is 2.38. The summed E-state index contributed by atoms with van der Waals surface area (Å²) in [6, 6.07) is 24.0. The quantitative estimate of drug-likeness (QED) is 0.169. The fourth-order valence-corrected chi connectivity index (χ4v) is 4.84. The van der Waals surface area contributed by atoms with Crippen LogP contribution in [0.25, 0.3) is 0 Å². The molecule has 44 heavy (non-hydrogen) atoms. The van der Waals surface area contributed by atoms with Crippen molar-refractivity contribution in [3.63, 3.8) is 0 Å². The van der Waals surface area contributed by atoms with E-state index >= 15 is 0 Å². The number of benzene rings is 4. The van der Waals surface area contributed by atoms with Gasteiger partial charge < -0.3 is 19.5 Å². The van der Waals surface area contributed by atoms with Crippen molar-refractivity contribution in [2.45, 2.75) is 37.5 Å². The molecular weight excluding hydrogens is 605 g/mol. The normalized spacial score (nSPS) is 12.6. The molecule has 0 spiro atoms. The summed E-state index contributed by atoms with van der Waals surface area (Å²) in [5.41, 5.74) is 0.253. The predicted molar refractivity (Wildman–Crippen MR) is 142 cm³/mol. The lowest BCUT2D eigenvalue weighted by Gasteiger charge is -2.36. The molecule has 0 amide bonds. The van der Waals surface area contributed by atoms with E-state index in [1.807, 2.05) is 0 Å². The molecule has 0 saturated carbocycles. The molecule has 0 aromatic heterocycles. The molecule has 4 aromatic rings. The molecule has 0 aliphatic carbocycles. The second-order valence-electron chi connectivity index (χ2n) is 9.69. The molecule has 0 heterocycles. The Morgan fingerprint density at radius 2 is 0.909 bits per heavy atom. The van der Waals surface area contributed by atoms with E-state index < -0.39 is 41.8 Å². The van der Waals surface area contributed by atoms with Gasteiger partial charge in [-0.2, -0.15) is 0 Å². The first-order valence-corrected chi connectivity index (χ1v) is 12.9. The van der Waals surface area contributed by atoms with Crippen LogP contribution in [0, 0.1) is 0 Å². The molecule has 0 unspecified atom stereocenters. The van der Waals surface area contributed by atoms with Gasteiger partial charge in [0.2, 0.25) is 0 Å². The maximum atomic E-state index is 13.1. The van der Waals surface area contributed by atoms with Crippen molar-refractivity contribution >= 4 is 0 Å². The van der Waals surface area contributed by atoms with Crippen LogP contribution < -0.4 is 19.5 Å². The highest BCUT2D eigenvalue weighted by Crippen LogP contribution is 2.40. The fraction of sp³-hybridized carbons (Fsp3) is 0.226. The summed E-state index contributed by atoms with van der Waals surface area (Å²) in [5.74, 6) is -1.55. The molecule has 1 N–H and O–H groups in total. The predicted octanol–water partition coefficient (Wildman–Crippen LogP) is 8.70. The van der Waals surface area contributed by atoms with Gasteiger partial charge in [-0.05, 0) is 65.1 Å². The minimum Gasteiger partial charge on any atom is -0.406 e. The third-order valence-corrected chi connectivity index (χ3v) is 6.48. The third kappa shape index (κ3) is 9.56. The third-order valence-electron chi connectivity index (χ3n) is 6.48. The smallest absolute Gasteiger partial charge is 0.406 e. The first-order chi connectivity index (χ1) is 20.6. The van der Waals surface area contributed by atoms with E-state index in [0.29, 0.717) is 11.1 Å². The number of ether oxygens (including phenoxy) is 3. The number of alkyl halides is 9. The van der Waals surface area contributed by atoms with E-state index in [1.54, 1.807) is 30.3 Å². The molecule has 0 atom stereocenters. The summed E-state index contributed by atoms with van der Waals surface area (Å²) in [7, 11) is 0. The molecule has 0 aliphatic heterocycles. The first-order valence-electron chi connectivity index (χ1n) is 12.9. The molecule has 0 aliphatic rings. The number of halogens is 9. The number of nitrogens with one attached hydrogen (secondary N) is 1. The van der Waals surface area contributed by atoms with Crippen molar-refractivity contribution in [2.24, 2.45) is 0 Å². The van der Waals surface area contributed by atoms with Crippen molar-refractivity contribution in [3.8, 4) is 17.2 Å². The number of rotatable bonds is 11. The molecule has 4 rings (SSSR count). The molecule has 0 bridgehead atoms. The van der Waals surface area contributed by atoms with Gasteiger partial charge in [0.05, 0.1) is 0 Å². The molecule has 4 aromatic carbocycles. The topological polar surface area (TPSA) is 39.7 Å². The summed E-state index contributed by atoms with van der Waals surface area (Å²) >= 11 is 0. The lowest BCUT2D eigenvalue weighted by molar-refractivity contribution is -0.275. The Kier molecular flexibility index (Phi) is 9.67. The largest absolute Gasteiger partial charge is 0.573 e. The van der Waals surface area contributed by atoms with Gasteiger partial charge in [0, 0.05) is 18.5 Å². The maximum Gasteiger partial charge on any atom is 0.573 e. The van der Waals surface area contributed by atoms with Gasteiger partial charge in [0.15, 0.2) is 0 Å². The van der Waals surface area contributed by atoms with Crippen molar-refractivity contribution in [1.29, 1.82) is 0 Å². The average molecular weight is 630 g/mol. The molecular formula is C31H24F9NO3. The van der Waals surface area contributed by atoms with Crippen molar-refractivity contribution in [3.05, 3.63) is 125 Å². The number of hydrogen-bond donors (Lipinski definition) is 1. The van der Waals surface area contributed by atoms with Crippen molar-refractivity contribution < 1.29 is 53.7 Å². The van der Waals surface area contributed by atoms with Gasteiger partial charge in [-0.3, -0.25) is 0 Å². The zero-order valence-electron chi connectivity index (χ0n) is 22.6. The Balaban J connectivity index is 1.80. The lowest BCUT2D eigenvalue weighted by Crippen LogP contribution is -2.41. The van der Waals surface area contributed by atoms with E-state index in [0.717, 1.165) is 36.4 Å². The second-order valence-corrected chi connectivity index (χ2v) is 9.69. The van der Waals surface area contributed by atoms with Crippen LogP contribution >= 0.6 is 0 Å². The van der Waals surface area contributed by atoms with Crippen molar-refractivity contribution in [2.75, 3.05) is 6.54 Å². The molecule has 234 valence electrons. The molecule has 13 heteroatoms. The van der Waals surface area contributed by atoms with E-state index in [1.165, 1.54) is 36.4 Å². The minimum absolute atomic E-state index is 0.0247. The second kappa shape index (κ2) is 13.1. The van der Waals surface area contributed by atoms with Crippen LogP contribution in [0.2, 0.25) is 0 Å². The van der Waals surface area contributed by atoms with Gasteiger partial charge in [0.25, 0.3) is 0 Å². The van der Waals surface area contributed by atoms with Gasteiger partial charge in [0.1, 0.15) is 17.2 Å². The lowest BCUT2D eigenvalue weighted by atomic mass is 9.70. The van der Waals surface area contributed by atoms with Crippen LogP contribution in [0.1, 0.15) is 22.3 Å². The zero-order chi connectivity index (χ0) is 32.0. The summed E-state index contributed by atoms with van der Waals surface area (Å²) < 4.78 is 129. The molecule has 0 radical (unpaired) electrons. The van der Waals surface area contributed by atoms with Crippen LogP contribution in [-0.4, -0.2) is 25.6 Å². The summed E-state index contributed by atoms with van der Waals surface area (Å²) in [4.78, 5) is 0. The molecule has 0 fully saturated rings. The highest BCUT2D eigenvalue weighted by atomic mass is 19.4. The van der Waals surface area contributed by atoms with Gasteiger partial charge in [-0.1, -0.05) is 66.7 Å². The SMILES string of the molecule is FC(F)(F)Oc1cccc(CNCC(Cc2ccccc2)(c2cccc(OC(F)(F)F)c2)c2cccc(OC(F)(F)F)c2)c1. The molecule has 4 nitrogen and oxygen atoms in total. The van der Waals surface area contributed by atoms with Crippen LogP contribution in [0.4, 0.5) is 39.5 Å². The Hall–Kier alpha value is -4.39. The van der Waals surface area contributed by atoms with E-state index in [9.17, 15) is 39.5 Å². The monoisotopic (exact) mass is 629 g/mol. The summed E-state index contributed by atoms with van der Waals surface area (Å²) in [6.07, 6.45) is -14.8. The van der Waals surface area contributed by atoms with Crippen LogP contribution in [0.5, 0.6) is 17.2 Å². The van der Waals surface area contributed by atoms with E-state index in [4.69, 9.17) is 0 Å². The fourth-order valence-electron chi connectivity index (χ4n) is 4.84. The molecule has 0 saturated heterocycles. The summed E-state index contributed by atoms with van der Waals surface area (Å²) in [5, 5.41) is 3.12. The van der Waals surface area contributed by atoms with E-state index in [-0.39, 0.29) is 30.6 Å². The first kappa shape index (κ1) is 32.5. The Morgan fingerprint density at radius 3 is 1.39 bits per heavy atom.